The molecule has 0 bridgehead atoms. The van der Waals surface area contributed by atoms with E-state index in [-0.39, 0.29) is 0 Å². The largest absolute Gasteiger partial charge is 0.375 e. The van der Waals surface area contributed by atoms with Crippen LogP contribution < -0.4 is 0 Å². The van der Waals surface area contributed by atoms with Gasteiger partial charge in [-0.2, -0.15) is 5.10 Å². The van der Waals surface area contributed by atoms with Gasteiger partial charge >= 0.3 is 0 Å². The smallest absolute Gasteiger partial charge is 0.0887 e. The Morgan fingerprint density at radius 1 is 1.12 bits per heavy atom. The highest BCUT2D eigenvalue weighted by atomic mass is 16.5. The van der Waals surface area contributed by atoms with Crippen molar-refractivity contribution < 1.29 is 4.74 Å². The summed E-state index contributed by atoms with van der Waals surface area (Å²) < 4.78 is 8.07. The molecule has 0 aromatic carbocycles. The van der Waals surface area contributed by atoms with E-state index in [0.29, 0.717) is 12.6 Å². The predicted octanol–water partition coefficient (Wildman–Crippen LogP) is 3.18. The third-order valence-corrected chi connectivity index (χ3v) is 5.32. The Morgan fingerprint density at radius 3 is 2.88 bits per heavy atom. The van der Waals surface area contributed by atoms with Crippen LogP contribution in [0.25, 0.3) is 0 Å². The Labute approximate surface area is 143 Å². The predicted molar refractivity (Wildman–Crippen MR) is 92.4 cm³/mol. The van der Waals surface area contributed by atoms with Gasteiger partial charge in [0, 0.05) is 38.1 Å². The summed E-state index contributed by atoms with van der Waals surface area (Å²) >= 11 is 0. The first kappa shape index (κ1) is 15.8. The molecule has 1 fully saturated rings. The second-order valence-electron chi connectivity index (χ2n) is 6.95. The minimum absolute atomic E-state index is 0.424. The summed E-state index contributed by atoms with van der Waals surface area (Å²) in [5, 5.41) is 4.56. The number of pyridine rings is 1. The molecular formula is C19H26N4O. The minimum Gasteiger partial charge on any atom is -0.375 e. The zero-order chi connectivity index (χ0) is 16.2. The Bertz CT molecular complexity index is 636. The van der Waals surface area contributed by atoms with E-state index in [4.69, 9.17) is 4.74 Å². The van der Waals surface area contributed by atoms with E-state index in [1.54, 1.807) is 0 Å². The molecule has 0 saturated heterocycles. The second-order valence-corrected chi connectivity index (χ2v) is 6.95. The summed E-state index contributed by atoms with van der Waals surface area (Å²) in [7, 11) is 0. The highest BCUT2D eigenvalue weighted by Gasteiger charge is 2.31. The molecule has 0 amide bonds. The number of fused-ring (bicyclic) bond motifs is 1. The van der Waals surface area contributed by atoms with E-state index in [0.717, 1.165) is 37.9 Å². The topological polar surface area (TPSA) is 43.2 Å². The molecule has 2 aromatic heterocycles. The van der Waals surface area contributed by atoms with E-state index >= 15 is 0 Å². The highest BCUT2D eigenvalue weighted by Crippen LogP contribution is 2.30. The minimum atomic E-state index is 0.424. The van der Waals surface area contributed by atoms with Crippen molar-refractivity contribution in [2.45, 2.75) is 57.3 Å². The van der Waals surface area contributed by atoms with Gasteiger partial charge in [-0.3, -0.25) is 14.6 Å². The van der Waals surface area contributed by atoms with Crippen molar-refractivity contribution in [3.63, 3.8) is 0 Å². The first-order chi connectivity index (χ1) is 11.9. The van der Waals surface area contributed by atoms with Crippen LogP contribution in [0.15, 0.2) is 36.7 Å². The average Bonchev–Trinajstić information content (AvgIpc) is 3.30. The second kappa shape index (κ2) is 7.45. The molecule has 1 atom stereocenters. The van der Waals surface area contributed by atoms with Crippen LogP contribution in [-0.4, -0.2) is 38.9 Å². The zero-order valence-corrected chi connectivity index (χ0v) is 14.2. The van der Waals surface area contributed by atoms with Gasteiger partial charge in [-0.15, -0.1) is 0 Å². The first-order valence-electron chi connectivity index (χ1n) is 9.14. The number of hydrogen-bond donors (Lipinski definition) is 0. The van der Waals surface area contributed by atoms with Crippen LogP contribution in [0.4, 0.5) is 0 Å². The Kier molecular flexibility index (Phi) is 4.90. The van der Waals surface area contributed by atoms with Crippen molar-refractivity contribution in [1.82, 2.24) is 19.7 Å². The molecule has 128 valence electrons. The maximum atomic E-state index is 5.85. The normalized spacial score (nSPS) is 21.9. The van der Waals surface area contributed by atoms with Crippen LogP contribution >= 0.6 is 0 Å². The molecule has 1 aliphatic heterocycles. The van der Waals surface area contributed by atoms with Crippen molar-refractivity contribution >= 4 is 0 Å². The standard InChI is InChI=1S/C19H26N4O/c1-2-7-17(6-1)22-13-18-8-11-21-23(18)19(14-22)9-12-24-15-16-5-3-4-10-20-16/h3-5,8,10-11,17,19H,1-2,6-7,9,12-15H2/t19-/m0/s1. The van der Waals surface area contributed by atoms with Gasteiger partial charge in [0.05, 0.1) is 24.0 Å². The van der Waals surface area contributed by atoms with Gasteiger partial charge in [-0.05, 0) is 37.5 Å². The summed E-state index contributed by atoms with van der Waals surface area (Å²) in [6.07, 6.45) is 10.2. The molecule has 24 heavy (non-hydrogen) atoms. The summed E-state index contributed by atoms with van der Waals surface area (Å²) in [4.78, 5) is 6.98. The number of nitrogens with zero attached hydrogens (tertiary/aromatic N) is 4. The number of ether oxygens (including phenoxy) is 1. The molecule has 4 rings (SSSR count). The van der Waals surface area contributed by atoms with Crippen LogP contribution in [0.3, 0.4) is 0 Å². The fourth-order valence-electron chi connectivity index (χ4n) is 4.06. The van der Waals surface area contributed by atoms with Gasteiger partial charge in [0.2, 0.25) is 0 Å². The molecule has 1 saturated carbocycles. The molecule has 1 aliphatic carbocycles. The van der Waals surface area contributed by atoms with Crippen molar-refractivity contribution in [1.29, 1.82) is 0 Å². The van der Waals surface area contributed by atoms with Gasteiger partial charge in [0.1, 0.15) is 0 Å². The van der Waals surface area contributed by atoms with E-state index in [9.17, 15) is 0 Å². The number of hydrogen-bond acceptors (Lipinski definition) is 4. The molecular weight excluding hydrogens is 300 g/mol. The third kappa shape index (κ3) is 3.52. The Balaban J connectivity index is 1.33. The lowest BCUT2D eigenvalue weighted by atomic mass is 10.1. The maximum Gasteiger partial charge on any atom is 0.0887 e. The maximum absolute atomic E-state index is 5.85. The quantitative estimate of drug-likeness (QED) is 0.765. The Hall–Kier alpha value is -1.72. The fourth-order valence-corrected chi connectivity index (χ4v) is 4.06. The van der Waals surface area contributed by atoms with Gasteiger partial charge in [-0.25, -0.2) is 0 Å². The highest BCUT2D eigenvalue weighted by molar-refractivity contribution is 5.06. The number of rotatable bonds is 6. The van der Waals surface area contributed by atoms with Gasteiger partial charge in [-0.1, -0.05) is 18.9 Å². The molecule has 2 aromatic rings. The molecule has 3 heterocycles. The molecule has 5 nitrogen and oxygen atoms in total. The lowest BCUT2D eigenvalue weighted by molar-refractivity contribution is 0.0752. The lowest BCUT2D eigenvalue weighted by Gasteiger charge is -2.37. The van der Waals surface area contributed by atoms with Crippen LogP contribution in [0.1, 0.15) is 49.5 Å². The van der Waals surface area contributed by atoms with Crippen LogP contribution in [-0.2, 0) is 17.9 Å². The van der Waals surface area contributed by atoms with Crippen LogP contribution in [0.2, 0.25) is 0 Å². The summed E-state index contributed by atoms with van der Waals surface area (Å²) in [6.45, 7) is 3.49. The Morgan fingerprint density at radius 2 is 2.04 bits per heavy atom. The molecule has 0 radical (unpaired) electrons. The van der Waals surface area contributed by atoms with Crippen LogP contribution in [0, 0.1) is 0 Å². The molecule has 0 unspecified atom stereocenters. The third-order valence-electron chi connectivity index (χ3n) is 5.32. The SMILES string of the molecule is c1ccc(COCC[C@H]2CN(C3CCCC3)Cc3ccnn32)nc1. The van der Waals surface area contributed by atoms with E-state index < -0.39 is 0 Å². The fraction of sp³-hybridized carbons (Fsp3) is 0.579. The van der Waals surface area contributed by atoms with E-state index in [1.165, 1.54) is 31.4 Å². The summed E-state index contributed by atoms with van der Waals surface area (Å²) in [6, 6.07) is 9.31. The lowest BCUT2D eigenvalue weighted by Crippen LogP contribution is -2.42. The van der Waals surface area contributed by atoms with Crippen molar-refractivity contribution in [2.75, 3.05) is 13.2 Å². The summed E-state index contributed by atoms with van der Waals surface area (Å²) in [5.74, 6) is 0. The number of aromatic nitrogens is 3. The van der Waals surface area contributed by atoms with Gasteiger partial charge < -0.3 is 4.74 Å². The molecule has 0 spiro atoms. The van der Waals surface area contributed by atoms with Gasteiger partial charge in [0.15, 0.2) is 0 Å². The first-order valence-corrected chi connectivity index (χ1v) is 9.14. The molecule has 5 heteroatoms. The van der Waals surface area contributed by atoms with Gasteiger partial charge in [0.25, 0.3) is 0 Å². The van der Waals surface area contributed by atoms with Crippen molar-refractivity contribution in [3.8, 4) is 0 Å². The van der Waals surface area contributed by atoms with Crippen LogP contribution in [0.5, 0.6) is 0 Å². The molecule has 2 aliphatic rings. The monoisotopic (exact) mass is 326 g/mol. The van der Waals surface area contributed by atoms with E-state index in [1.807, 2.05) is 30.6 Å². The zero-order valence-electron chi connectivity index (χ0n) is 14.2. The van der Waals surface area contributed by atoms with Crippen molar-refractivity contribution in [2.24, 2.45) is 0 Å². The average molecular weight is 326 g/mol. The molecule has 0 N–H and O–H groups in total. The van der Waals surface area contributed by atoms with E-state index in [2.05, 4.69) is 25.7 Å². The van der Waals surface area contributed by atoms with Crippen molar-refractivity contribution in [3.05, 3.63) is 48.0 Å². The summed E-state index contributed by atoms with van der Waals surface area (Å²) in [5.41, 5.74) is 2.34.